The Morgan fingerprint density at radius 2 is 0.970 bits per heavy atom. The molecule has 5 aromatic rings. The van der Waals surface area contributed by atoms with Crippen molar-refractivity contribution < 1.29 is 14.2 Å². The first-order valence-corrected chi connectivity index (χ1v) is 11.0. The van der Waals surface area contributed by atoms with Gasteiger partial charge in [0, 0.05) is 16.8 Å². The molecule has 0 saturated carbocycles. The number of rotatable bonds is 8. The zero-order valence-electron chi connectivity index (χ0n) is 18.2. The van der Waals surface area contributed by atoms with Crippen LogP contribution in [0.25, 0.3) is 10.8 Å². The van der Waals surface area contributed by atoms with Crippen LogP contribution in [0.5, 0.6) is 23.0 Å². The van der Waals surface area contributed by atoms with Gasteiger partial charge in [-0.3, -0.25) is 0 Å². The Labute approximate surface area is 193 Å². The summed E-state index contributed by atoms with van der Waals surface area (Å²) in [6, 6.07) is 40.1. The molecule has 0 amide bonds. The van der Waals surface area contributed by atoms with Gasteiger partial charge in [0.2, 0.25) is 0 Å². The van der Waals surface area contributed by atoms with Crippen molar-refractivity contribution >= 4 is 10.8 Å². The fourth-order valence-electron chi connectivity index (χ4n) is 3.72. The lowest BCUT2D eigenvalue weighted by Crippen LogP contribution is -2.01. The van der Waals surface area contributed by atoms with Crippen molar-refractivity contribution in [2.24, 2.45) is 0 Å². The SMILES string of the molecule is c1ccc(COc2cc(Oc3ccccc3)c(OCc3ccccc3)c3ccccc23)cc1. The van der Waals surface area contributed by atoms with Gasteiger partial charge in [-0.1, -0.05) is 103 Å². The molecule has 5 rings (SSSR count). The molecule has 33 heavy (non-hydrogen) atoms. The number of para-hydroxylation sites is 1. The first-order valence-electron chi connectivity index (χ1n) is 11.0. The maximum atomic E-state index is 6.35. The Kier molecular flexibility index (Phi) is 6.21. The van der Waals surface area contributed by atoms with Gasteiger partial charge in [-0.25, -0.2) is 0 Å². The van der Waals surface area contributed by atoms with E-state index in [1.165, 1.54) is 0 Å². The third kappa shape index (κ3) is 4.99. The molecule has 5 aromatic carbocycles. The average Bonchev–Trinajstić information content (AvgIpc) is 2.88. The highest BCUT2D eigenvalue weighted by molar-refractivity contribution is 5.95. The number of fused-ring (bicyclic) bond motifs is 1. The summed E-state index contributed by atoms with van der Waals surface area (Å²) < 4.78 is 18.9. The Hall–Kier alpha value is -4.24. The molecule has 0 radical (unpaired) electrons. The zero-order valence-corrected chi connectivity index (χ0v) is 18.2. The molecule has 0 heterocycles. The maximum absolute atomic E-state index is 6.35. The maximum Gasteiger partial charge on any atom is 0.173 e. The van der Waals surface area contributed by atoms with Crippen molar-refractivity contribution in [1.82, 2.24) is 0 Å². The third-order valence-electron chi connectivity index (χ3n) is 5.36. The van der Waals surface area contributed by atoms with E-state index in [9.17, 15) is 0 Å². The summed E-state index contributed by atoms with van der Waals surface area (Å²) in [7, 11) is 0. The molecule has 0 fully saturated rings. The van der Waals surface area contributed by atoms with Crippen LogP contribution in [0.2, 0.25) is 0 Å². The normalized spacial score (nSPS) is 10.7. The summed E-state index contributed by atoms with van der Waals surface area (Å²) in [5.74, 6) is 2.82. The monoisotopic (exact) mass is 432 g/mol. The van der Waals surface area contributed by atoms with Gasteiger partial charge >= 0.3 is 0 Å². The molecular weight excluding hydrogens is 408 g/mol. The second-order valence-corrected chi connectivity index (χ2v) is 7.71. The number of ether oxygens (including phenoxy) is 3. The van der Waals surface area contributed by atoms with Crippen molar-refractivity contribution in [3.8, 4) is 23.0 Å². The molecule has 162 valence electrons. The molecule has 0 saturated heterocycles. The zero-order chi connectivity index (χ0) is 22.3. The van der Waals surface area contributed by atoms with Crippen LogP contribution in [-0.2, 0) is 13.2 Å². The van der Waals surface area contributed by atoms with Crippen LogP contribution in [0, 0.1) is 0 Å². The lowest BCUT2D eigenvalue weighted by atomic mass is 10.1. The predicted octanol–water partition coefficient (Wildman–Crippen LogP) is 7.79. The Bertz CT molecular complexity index is 1320. The van der Waals surface area contributed by atoms with Gasteiger partial charge in [-0.2, -0.15) is 0 Å². The van der Waals surface area contributed by atoms with Crippen molar-refractivity contribution in [3.05, 3.63) is 132 Å². The van der Waals surface area contributed by atoms with E-state index in [0.717, 1.165) is 33.4 Å². The van der Waals surface area contributed by atoms with Gasteiger partial charge in [0.25, 0.3) is 0 Å². The highest BCUT2D eigenvalue weighted by Gasteiger charge is 2.17. The summed E-state index contributed by atoms with van der Waals surface area (Å²) in [6.07, 6.45) is 0. The van der Waals surface area contributed by atoms with Crippen molar-refractivity contribution in [1.29, 1.82) is 0 Å². The minimum absolute atomic E-state index is 0.445. The summed E-state index contributed by atoms with van der Waals surface area (Å²) >= 11 is 0. The van der Waals surface area contributed by atoms with Gasteiger partial charge in [0.05, 0.1) is 0 Å². The van der Waals surface area contributed by atoms with Crippen molar-refractivity contribution in [3.63, 3.8) is 0 Å². The lowest BCUT2D eigenvalue weighted by Gasteiger charge is -2.18. The van der Waals surface area contributed by atoms with Crippen LogP contribution < -0.4 is 14.2 Å². The molecule has 0 N–H and O–H groups in total. The van der Waals surface area contributed by atoms with Crippen LogP contribution in [0.15, 0.2) is 121 Å². The highest BCUT2D eigenvalue weighted by Crippen LogP contribution is 2.44. The quantitative estimate of drug-likeness (QED) is 0.250. The van der Waals surface area contributed by atoms with Crippen LogP contribution in [0.1, 0.15) is 11.1 Å². The Morgan fingerprint density at radius 3 is 1.61 bits per heavy atom. The average molecular weight is 433 g/mol. The van der Waals surface area contributed by atoms with Crippen LogP contribution in [-0.4, -0.2) is 0 Å². The second kappa shape index (κ2) is 9.92. The largest absolute Gasteiger partial charge is 0.488 e. The number of hydrogen-bond donors (Lipinski definition) is 0. The minimum Gasteiger partial charge on any atom is -0.488 e. The fourth-order valence-corrected chi connectivity index (χ4v) is 3.72. The van der Waals surface area contributed by atoms with E-state index in [1.54, 1.807) is 0 Å². The van der Waals surface area contributed by atoms with Crippen LogP contribution in [0.4, 0.5) is 0 Å². The number of hydrogen-bond acceptors (Lipinski definition) is 3. The summed E-state index contributed by atoms with van der Waals surface area (Å²) in [5.41, 5.74) is 2.20. The van der Waals surface area contributed by atoms with E-state index in [1.807, 2.05) is 91.0 Å². The molecule has 0 aromatic heterocycles. The Balaban J connectivity index is 1.54. The van der Waals surface area contributed by atoms with Gasteiger partial charge in [-0.15, -0.1) is 0 Å². The molecule has 0 bridgehead atoms. The van der Waals surface area contributed by atoms with Crippen molar-refractivity contribution in [2.45, 2.75) is 13.2 Å². The smallest absolute Gasteiger partial charge is 0.173 e. The molecule has 0 aliphatic carbocycles. The topological polar surface area (TPSA) is 27.7 Å². The molecule has 0 atom stereocenters. The van der Waals surface area contributed by atoms with Gasteiger partial charge in [-0.05, 0) is 23.3 Å². The second-order valence-electron chi connectivity index (χ2n) is 7.71. The van der Waals surface area contributed by atoms with Gasteiger partial charge in [0.1, 0.15) is 24.7 Å². The van der Waals surface area contributed by atoms with Gasteiger partial charge < -0.3 is 14.2 Å². The highest BCUT2D eigenvalue weighted by atomic mass is 16.5. The Morgan fingerprint density at radius 1 is 0.455 bits per heavy atom. The predicted molar refractivity (Wildman–Crippen MR) is 132 cm³/mol. The number of benzene rings is 5. The van der Waals surface area contributed by atoms with Crippen molar-refractivity contribution in [2.75, 3.05) is 0 Å². The molecule has 3 nitrogen and oxygen atoms in total. The molecular formula is C30H24O3. The van der Waals surface area contributed by atoms with E-state index >= 15 is 0 Å². The standard InChI is InChI=1S/C30H24O3/c1-4-12-23(13-5-1)21-31-28-20-29(33-25-16-8-3-9-17-25)30(27-19-11-10-18-26(27)28)32-22-24-14-6-2-7-15-24/h1-20H,21-22H2. The van der Waals surface area contributed by atoms with Gasteiger partial charge in [0.15, 0.2) is 11.5 Å². The van der Waals surface area contributed by atoms with Crippen LogP contribution >= 0.6 is 0 Å². The lowest BCUT2D eigenvalue weighted by molar-refractivity contribution is 0.290. The third-order valence-corrected chi connectivity index (χ3v) is 5.36. The molecule has 0 aliphatic rings. The van der Waals surface area contributed by atoms with E-state index in [2.05, 4.69) is 30.3 Å². The van der Waals surface area contributed by atoms with E-state index < -0.39 is 0 Å². The van der Waals surface area contributed by atoms with Crippen LogP contribution in [0.3, 0.4) is 0 Å². The first kappa shape index (κ1) is 20.7. The molecule has 0 aliphatic heterocycles. The summed E-state index contributed by atoms with van der Waals surface area (Å²) in [6.45, 7) is 0.917. The molecule has 3 heteroatoms. The first-order chi connectivity index (χ1) is 16.4. The summed E-state index contributed by atoms with van der Waals surface area (Å²) in [5, 5.41) is 1.93. The molecule has 0 spiro atoms. The van der Waals surface area contributed by atoms with E-state index in [4.69, 9.17) is 14.2 Å². The molecule has 0 unspecified atom stereocenters. The minimum atomic E-state index is 0.445. The van der Waals surface area contributed by atoms with E-state index in [-0.39, 0.29) is 0 Å². The van der Waals surface area contributed by atoms with E-state index in [0.29, 0.717) is 24.7 Å². The fraction of sp³-hybridized carbons (Fsp3) is 0.0667. The summed E-state index contributed by atoms with van der Waals surface area (Å²) in [4.78, 5) is 0.